The Hall–Kier alpha value is -1.20. The van der Waals surface area contributed by atoms with Gasteiger partial charge in [-0.1, -0.05) is 15.9 Å². The van der Waals surface area contributed by atoms with Gasteiger partial charge in [0.2, 0.25) is 0 Å². The van der Waals surface area contributed by atoms with Crippen LogP contribution in [0.3, 0.4) is 0 Å². The average Bonchev–Trinajstić information content (AvgIpc) is 2.39. The van der Waals surface area contributed by atoms with Crippen molar-refractivity contribution in [3.8, 4) is 5.75 Å². The number of fused-ring (bicyclic) bond motifs is 1. The molecular weight excluding hydrogens is 306 g/mol. The Morgan fingerprint density at radius 3 is 2.89 bits per heavy atom. The van der Waals surface area contributed by atoms with Gasteiger partial charge in [0.25, 0.3) is 0 Å². The third kappa shape index (κ3) is 3.64. The van der Waals surface area contributed by atoms with E-state index in [0.29, 0.717) is 6.61 Å². The standard InChI is InChI=1S/C14H18BrN3O/c1-10-12-7-11(15)8-13(14(12)18-9-17-10)19-6-4-3-5-16-2/h7-9,16H,3-6H2,1-2H3. The SMILES string of the molecule is CNCCCCOc1cc(Br)cc2c(C)ncnc12. The van der Waals surface area contributed by atoms with Crippen LogP contribution in [0.2, 0.25) is 0 Å². The highest BCUT2D eigenvalue weighted by Gasteiger charge is 2.08. The van der Waals surface area contributed by atoms with E-state index in [1.807, 2.05) is 26.1 Å². The number of aromatic nitrogens is 2. The summed E-state index contributed by atoms with van der Waals surface area (Å²) >= 11 is 3.51. The number of aryl methyl sites for hydroxylation is 1. The molecule has 0 amide bonds. The first-order chi connectivity index (χ1) is 9.22. The van der Waals surface area contributed by atoms with Crippen LogP contribution < -0.4 is 10.1 Å². The zero-order chi connectivity index (χ0) is 13.7. The molecule has 4 nitrogen and oxygen atoms in total. The molecule has 1 aromatic carbocycles. The van der Waals surface area contributed by atoms with Crippen LogP contribution in [-0.2, 0) is 0 Å². The van der Waals surface area contributed by atoms with Crippen LogP contribution in [0.4, 0.5) is 0 Å². The number of nitrogens with zero attached hydrogens (tertiary/aromatic N) is 2. The fraction of sp³-hybridized carbons (Fsp3) is 0.429. The Kier molecular flexibility index (Phi) is 5.10. The molecule has 19 heavy (non-hydrogen) atoms. The second-order valence-electron chi connectivity index (χ2n) is 4.42. The molecule has 2 aromatic rings. The van der Waals surface area contributed by atoms with Crippen molar-refractivity contribution in [3.63, 3.8) is 0 Å². The highest BCUT2D eigenvalue weighted by Crippen LogP contribution is 2.29. The maximum Gasteiger partial charge on any atom is 0.146 e. The maximum atomic E-state index is 5.85. The second kappa shape index (κ2) is 6.82. The number of unbranched alkanes of at least 4 members (excludes halogenated alkanes) is 1. The zero-order valence-corrected chi connectivity index (χ0v) is 12.8. The average molecular weight is 324 g/mol. The highest BCUT2D eigenvalue weighted by atomic mass is 79.9. The first-order valence-corrected chi connectivity index (χ1v) is 7.20. The molecule has 0 atom stereocenters. The summed E-state index contributed by atoms with van der Waals surface area (Å²) in [5.41, 5.74) is 1.84. The predicted molar refractivity (Wildman–Crippen MR) is 80.6 cm³/mol. The maximum absolute atomic E-state index is 5.85. The smallest absolute Gasteiger partial charge is 0.146 e. The minimum atomic E-state index is 0.705. The predicted octanol–water partition coefficient (Wildman–Crippen LogP) is 3.08. The van der Waals surface area contributed by atoms with Crippen molar-refractivity contribution in [2.45, 2.75) is 19.8 Å². The molecule has 1 heterocycles. The van der Waals surface area contributed by atoms with E-state index in [1.165, 1.54) is 0 Å². The van der Waals surface area contributed by atoms with E-state index in [9.17, 15) is 0 Å². The van der Waals surface area contributed by atoms with E-state index in [2.05, 4.69) is 31.2 Å². The highest BCUT2D eigenvalue weighted by molar-refractivity contribution is 9.10. The molecule has 0 bridgehead atoms. The number of rotatable bonds is 6. The summed E-state index contributed by atoms with van der Waals surface area (Å²) in [6.45, 7) is 3.70. The first kappa shape index (κ1) is 14.2. The number of benzene rings is 1. The summed E-state index contributed by atoms with van der Waals surface area (Å²) in [7, 11) is 1.96. The van der Waals surface area contributed by atoms with Gasteiger partial charge < -0.3 is 10.1 Å². The van der Waals surface area contributed by atoms with Crippen LogP contribution in [0.25, 0.3) is 10.9 Å². The molecule has 0 radical (unpaired) electrons. The van der Waals surface area contributed by atoms with Gasteiger partial charge in [-0.3, -0.25) is 0 Å². The molecule has 0 fully saturated rings. The van der Waals surface area contributed by atoms with E-state index in [0.717, 1.165) is 46.2 Å². The third-order valence-corrected chi connectivity index (χ3v) is 3.40. The van der Waals surface area contributed by atoms with Gasteiger partial charge >= 0.3 is 0 Å². The molecule has 2 rings (SSSR count). The lowest BCUT2D eigenvalue weighted by Crippen LogP contribution is -2.09. The fourth-order valence-electron chi connectivity index (χ4n) is 1.92. The molecule has 5 heteroatoms. The normalized spacial score (nSPS) is 10.9. The Morgan fingerprint density at radius 2 is 2.11 bits per heavy atom. The minimum Gasteiger partial charge on any atom is -0.491 e. The minimum absolute atomic E-state index is 0.705. The summed E-state index contributed by atoms with van der Waals surface area (Å²) in [6, 6.07) is 3.99. The Morgan fingerprint density at radius 1 is 1.26 bits per heavy atom. The van der Waals surface area contributed by atoms with Crippen LogP contribution in [0.15, 0.2) is 22.9 Å². The van der Waals surface area contributed by atoms with E-state index in [4.69, 9.17) is 4.74 Å². The lowest BCUT2D eigenvalue weighted by molar-refractivity contribution is 0.309. The van der Waals surface area contributed by atoms with Crippen molar-refractivity contribution >= 4 is 26.8 Å². The Bertz CT molecular complexity index is 560. The number of halogens is 1. The van der Waals surface area contributed by atoms with Gasteiger partial charge in [0.15, 0.2) is 0 Å². The van der Waals surface area contributed by atoms with Crippen molar-refractivity contribution in [2.24, 2.45) is 0 Å². The number of hydrogen-bond donors (Lipinski definition) is 1. The Balaban J connectivity index is 2.16. The van der Waals surface area contributed by atoms with E-state index in [1.54, 1.807) is 6.33 Å². The van der Waals surface area contributed by atoms with Gasteiger partial charge in [0, 0.05) is 15.6 Å². The monoisotopic (exact) mass is 323 g/mol. The van der Waals surface area contributed by atoms with Gasteiger partial charge in [0.1, 0.15) is 17.6 Å². The van der Waals surface area contributed by atoms with Gasteiger partial charge in [-0.15, -0.1) is 0 Å². The lowest BCUT2D eigenvalue weighted by Gasteiger charge is -2.10. The number of ether oxygens (including phenoxy) is 1. The number of nitrogens with one attached hydrogen (secondary N) is 1. The molecule has 0 saturated heterocycles. The van der Waals surface area contributed by atoms with Crippen LogP contribution in [-0.4, -0.2) is 30.2 Å². The summed E-state index contributed by atoms with van der Waals surface area (Å²) < 4.78 is 6.84. The van der Waals surface area contributed by atoms with Gasteiger partial charge in [-0.2, -0.15) is 0 Å². The molecule has 0 aliphatic heterocycles. The van der Waals surface area contributed by atoms with Gasteiger partial charge in [0.05, 0.1) is 6.61 Å². The molecule has 0 aliphatic carbocycles. The van der Waals surface area contributed by atoms with Crippen molar-refractivity contribution in [1.82, 2.24) is 15.3 Å². The molecule has 0 saturated carbocycles. The van der Waals surface area contributed by atoms with Gasteiger partial charge in [-0.05, 0) is 45.5 Å². The second-order valence-corrected chi connectivity index (χ2v) is 5.33. The summed E-state index contributed by atoms with van der Waals surface area (Å²) in [6.07, 6.45) is 3.72. The summed E-state index contributed by atoms with van der Waals surface area (Å²) in [5, 5.41) is 4.16. The van der Waals surface area contributed by atoms with Crippen molar-refractivity contribution in [1.29, 1.82) is 0 Å². The first-order valence-electron chi connectivity index (χ1n) is 6.40. The molecule has 0 spiro atoms. The summed E-state index contributed by atoms with van der Waals surface area (Å²) in [4.78, 5) is 8.54. The summed E-state index contributed by atoms with van der Waals surface area (Å²) in [5.74, 6) is 0.819. The molecule has 1 N–H and O–H groups in total. The number of hydrogen-bond acceptors (Lipinski definition) is 4. The largest absolute Gasteiger partial charge is 0.491 e. The quantitative estimate of drug-likeness (QED) is 0.830. The van der Waals surface area contributed by atoms with Crippen LogP contribution in [0.5, 0.6) is 5.75 Å². The third-order valence-electron chi connectivity index (χ3n) is 2.95. The van der Waals surface area contributed by atoms with Crippen molar-refractivity contribution in [3.05, 3.63) is 28.6 Å². The van der Waals surface area contributed by atoms with Crippen molar-refractivity contribution < 1.29 is 4.74 Å². The molecule has 0 aliphatic rings. The molecule has 102 valence electrons. The Labute approximate surface area is 121 Å². The van der Waals surface area contributed by atoms with Crippen molar-refractivity contribution in [2.75, 3.05) is 20.2 Å². The fourth-order valence-corrected chi connectivity index (χ4v) is 2.36. The van der Waals surface area contributed by atoms with Crippen LogP contribution >= 0.6 is 15.9 Å². The van der Waals surface area contributed by atoms with Crippen LogP contribution in [0.1, 0.15) is 18.5 Å². The van der Waals surface area contributed by atoms with Gasteiger partial charge in [-0.25, -0.2) is 9.97 Å². The van der Waals surface area contributed by atoms with E-state index >= 15 is 0 Å². The molecule has 0 unspecified atom stereocenters. The topological polar surface area (TPSA) is 47.0 Å². The van der Waals surface area contributed by atoms with E-state index < -0.39 is 0 Å². The van der Waals surface area contributed by atoms with Crippen LogP contribution in [0, 0.1) is 6.92 Å². The zero-order valence-electron chi connectivity index (χ0n) is 11.2. The van der Waals surface area contributed by atoms with E-state index in [-0.39, 0.29) is 0 Å². The lowest BCUT2D eigenvalue weighted by atomic mass is 10.2. The molecule has 1 aromatic heterocycles. The molecular formula is C14H18BrN3O.